The van der Waals surface area contributed by atoms with E-state index >= 15 is 0 Å². The summed E-state index contributed by atoms with van der Waals surface area (Å²) in [5.41, 5.74) is 2.63. The second-order valence-electron chi connectivity index (χ2n) is 5.71. The fraction of sp³-hybridized carbons (Fsp3) is 0.467. The minimum absolute atomic E-state index is 0.00742. The Balaban J connectivity index is 2.48. The molecule has 0 heterocycles. The summed E-state index contributed by atoms with van der Waals surface area (Å²) in [6.07, 6.45) is 2.66. The first-order valence-electron chi connectivity index (χ1n) is 6.20. The zero-order valence-electron chi connectivity index (χ0n) is 10.8. The maximum Gasteiger partial charge on any atom is 0.132 e. The Kier molecular flexibility index (Phi) is 3.79. The number of rotatable bonds is 2. The number of hydrogen-bond acceptors (Lipinski definition) is 1. The van der Waals surface area contributed by atoms with Crippen LogP contribution in [0.1, 0.15) is 38.7 Å². The molecule has 1 aromatic carbocycles. The van der Waals surface area contributed by atoms with E-state index in [2.05, 4.69) is 13.8 Å². The van der Waals surface area contributed by atoms with Crippen LogP contribution in [0.15, 0.2) is 23.8 Å². The zero-order chi connectivity index (χ0) is 13.3. The molecule has 2 rings (SSSR count). The van der Waals surface area contributed by atoms with Crippen molar-refractivity contribution in [1.82, 2.24) is 0 Å². The van der Waals surface area contributed by atoms with Gasteiger partial charge in [0.05, 0.1) is 6.61 Å². The van der Waals surface area contributed by atoms with Crippen LogP contribution in [-0.2, 0) is 0 Å². The van der Waals surface area contributed by atoms with Crippen LogP contribution in [-0.4, -0.2) is 11.7 Å². The van der Waals surface area contributed by atoms with Gasteiger partial charge in [0, 0.05) is 10.6 Å². The summed E-state index contributed by atoms with van der Waals surface area (Å²) in [6, 6.07) is 4.74. The smallest absolute Gasteiger partial charge is 0.132 e. The van der Waals surface area contributed by atoms with Crippen molar-refractivity contribution in [3.05, 3.63) is 40.2 Å². The molecule has 0 spiro atoms. The summed E-state index contributed by atoms with van der Waals surface area (Å²) < 4.78 is 14.0. The minimum atomic E-state index is -0.304. The molecule has 1 aliphatic rings. The van der Waals surface area contributed by atoms with Crippen LogP contribution in [0.2, 0.25) is 5.02 Å². The van der Waals surface area contributed by atoms with Gasteiger partial charge in [-0.2, -0.15) is 0 Å². The van der Waals surface area contributed by atoms with E-state index < -0.39 is 0 Å². The van der Waals surface area contributed by atoms with E-state index in [-0.39, 0.29) is 17.8 Å². The molecule has 98 valence electrons. The Morgan fingerprint density at radius 2 is 2.11 bits per heavy atom. The molecular formula is C15H18ClFO. The third kappa shape index (κ3) is 2.76. The van der Waals surface area contributed by atoms with Crippen molar-refractivity contribution in [2.24, 2.45) is 5.41 Å². The topological polar surface area (TPSA) is 20.2 Å². The molecule has 0 bridgehead atoms. The normalized spacial score (nSPS) is 19.2. The second kappa shape index (κ2) is 5.02. The van der Waals surface area contributed by atoms with Crippen LogP contribution in [0.4, 0.5) is 4.39 Å². The van der Waals surface area contributed by atoms with Crippen LogP contribution >= 0.6 is 11.6 Å². The van der Waals surface area contributed by atoms with Gasteiger partial charge in [-0.25, -0.2) is 4.39 Å². The molecule has 0 saturated heterocycles. The van der Waals surface area contributed by atoms with Gasteiger partial charge in [-0.1, -0.05) is 31.5 Å². The molecular weight excluding hydrogens is 251 g/mol. The molecule has 0 aliphatic heterocycles. The summed E-state index contributed by atoms with van der Waals surface area (Å²) in [4.78, 5) is 0. The highest BCUT2D eigenvalue weighted by molar-refractivity contribution is 6.30. The number of aliphatic hydroxyl groups is 1. The average molecular weight is 269 g/mol. The number of benzene rings is 1. The third-order valence-electron chi connectivity index (χ3n) is 3.63. The maximum absolute atomic E-state index is 14.0. The van der Waals surface area contributed by atoms with Crippen molar-refractivity contribution in [3.8, 4) is 0 Å². The van der Waals surface area contributed by atoms with Gasteiger partial charge in [-0.15, -0.1) is 0 Å². The van der Waals surface area contributed by atoms with Crippen LogP contribution in [0.5, 0.6) is 0 Å². The van der Waals surface area contributed by atoms with Crippen LogP contribution in [0, 0.1) is 11.2 Å². The largest absolute Gasteiger partial charge is 0.392 e. The van der Waals surface area contributed by atoms with Crippen molar-refractivity contribution in [3.63, 3.8) is 0 Å². The van der Waals surface area contributed by atoms with Crippen molar-refractivity contribution in [1.29, 1.82) is 0 Å². The molecule has 0 amide bonds. The molecule has 1 aromatic rings. The van der Waals surface area contributed by atoms with E-state index in [0.717, 1.165) is 30.4 Å². The van der Waals surface area contributed by atoms with Crippen molar-refractivity contribution in [2.75, 3.05) is 6.61 Å². The monoisotopic (exact) mass is 268 g/mol. The first kappa shape index (κ1) is 13.6. The van der Waals surface area contributed by atoms with Gasteiger partial charge in [-0.3, -0.25) is 0 Å². The number of aliphatic hydroxyl groups excluding tert-OH is 1. The lowest BCUT2D eigenvalue weighted by molar-refractivity contribution is 0.290. The Morgan fingerprint density at radius 3 is 2.72 bits per heavy atom. The highest BCUT2D eigenvalue weighted by Gasteiger charge is 2.28. The summed E-state index contributed by atoms with van der Waals surface area (Å²) in [5.74, 6) is -0.304. The van der Waals surface area contributed by atoms with E-state index in [9.17, 15) is 9.50 Å². The van der Waals surface area contributed by atoms with E-state index in [1.807, 2.05) is 0 Å². The molecule has 0 unspecified atom stereocenters. The van der Waals surface area contributed by atoms with E-state index in [1.165, 1.54) is 6.07 Å². The number of hydrogen-bond donors (Lipinski definition) is 1. The van der Waals surface area contributed by atoms with Gasteiger partial charge in [-0.05, 0) is 48.0 Å². The Morgan fingerprint density at radius 1 is 1.39 bits per heavy atom. The molecule has 1 nitrogen and oxygen atoms in total. The highest BCUT2D eigenvalue weighted by Crippen LogP contribution is 2.43. The minimum Gasteiger partial charge on any atom is -0.392 e. The van der Waals surface area contributed by atoms with Gasteiger partial charge < -0.3 is 5.11 Å². The first-order chi connectivity index (χ1) is 8.43. The van der Waals surface area contributed by atoms with Crippen LogP contribution in [0.3, 0.4) is 0 Å². The zero-order valence-corrected chi connectivity index (χ0v) is 11.5. The van der Waals surface area contributed by atoms with E-state index in [1.54, 1.807) is 12.1 Å². The van der Waals surface area contributed by atoms with Crippen molar-refractivity contribution in [2.45, 2.75) is 33.1 Å². The summed E-state index contributed by atoms with van der Waals surface area (Å²) in [6.45, 7) is 4.36. The fourth-order valence-corrected chi connectivity index (χ4v) is 2.69. The standard InChI is InChI=1S/C15H18ClFO/c1-15(2)6-5-10(9-18)13(8-15)12-4-3-11(16)7-14(12)17/h3-4,7,18H,5-6,8-9H2,1-2H3. The molecule has 0 aromatic heterocycles. The van der Waals surface area contributed by atoms with E-state index in [4.69, 9.17) is 11.6 Å². The number of allylic oxidation sites excluding steroid dienone is 1. The molecule has 1 aliphatic carbocycles. The van der Waals surface area contributed by atoms with Crippen LogP contribution < -0.4 is 0 Å². The Hall–Kier alpha value is -0.860. The predicted molar refractivity (Wildman–Crippen MR) is 73.0 cm³/mol. The lowest BCUT2D eigenvalue weighted by Gasteiger charge is -2.33. The van der Waals surface area contributed by atoms with Gasteiger partial charge >= 0.3 is 0 Å². The van der Waals surface area contributed by atoms with Gasteiger partial charge in [0.25, 0.3) is 0 Å². The summed E-state index contributed by atoms with van der Waals surface area (Å²) in [5, 5.41) is 9.83. The Labute approximate surface area is 112 Å². The maximum atomic E-state index is 14.0. The van der Waals surface area contributed by atoms with Crippen molar-refractivity contribution < 1.29 is 9.50 Å². The lowest BCUT2D eigenvalue weighted by atomic mass is 9.72. The summed E-state index contributed by atoms with van der Waals surface area (Å²) in [7, 11) is 0. The van der Waals surface area contributed by atoms with Gasteiger partial charge in [0.2, 0.25) is 0 Å². The molecule has 18 heavy (non-hydrogen) atoms. The van der Waals surface area contributed by atoms with Crippen LogP contribution in [0.25, 0.3) is 5.57 Å². The van der Waals surface area contributed by atoms with Gasteiger partial charge in [0.15, 0.2) is 0 Å². The summed E-state index contributed by atoms with van der Waals surface area (Å²) >= 11 is 5.78. The molecule has 1 N–H and O–H groups in total. The average Bonchev–Trinajstić information content (AvgIpc) is 2.28. The fourth-order valence-electron chi connectivity index (χ4n) is 2.53. The molecule has 0 atom stereocenters. The molecule has 0 fully saturated rings. The highest BCUT2D eigenvalue weighted by atomic mass is 35.5. The quantitative estimate of drug-likeness (QED) is 0.841. The second-order valence-corrected chi connectivity index (χ2v) is 6.14. The number of halogens is 2. The SMILES string of the molecule is CC1(C)CCC(CO)=C(c2ccc(Cl)cc2F)C1. The molecule has 3 heteroatoms. The Bertz CT molecular complexity index is 491. The first-order valence-corrected chi connectivity index (χ1v) is 6.58. The predicted octanol–water partition coefficient (Wildman–Crippen LogP) is 4.44. The third-order valence-corrected chi connectivity index (χ3v) is 3.87. The van der Waals surface area contributed by atoms with Crippen molar-refractivity contribution >= 4 is 17.2 Å². The lowest BCUT2D eigenvalue weighted by Crippen LogP contribution is -2.19. The van der Waals surface area contributed by atoms with E-state index in [0.29, 0.717) is 10.6 Å². The van der Waals surface area contributed by atoms with Gasteiger partial charge in [0.1, 0.15) is 5.82 Å². The molecule has 0 saturated carbocycles. The molecule has 0 radical (unpaired) electrons.